The van der Waals surface area contributed by atoms with Crippen molar-refractivity contribution in [3.8, 4) is 0 Å². The van der Waals surface area contributed by atoms with E-state index >= 15 is 0 Å². The summed E-state index contributed by atoms with van der Waals surface area (Å²) in [5, 5.41) is 2.96. The molecule has 1 unspecified atom stereocenters. The van der Waals surface area contributed by atoms with E-state index in [-0.39, 0.29) is 11.5 Å². The summed E-state index contributed by atoms with van der Waals surface area (Å²) in [5.74, 6) is -0.466. The highest BCUT2D eigenvalue weighted by atomic mass is 32.1. The molecule has 6 heteroatoms. The molecular formula is C19H18FN3OS. The lowest BCUT2D eigenvalue weighted by Crippen LogP contribution is -2.30. The molecule has 1 aliphatic carbocycles. The zero-order valence-electron chi connectivity index (χ0n) is 13.6. The van der Waals surface area contributed by atoms with E-state index < -0.39 is 5.82 Å². The Hall–Kier alpha value is -2.47. The minimum Gasteiger partial charge on any atom is -0.351 e. The van der Waals surface area contributed by atoms with Gasteiger partial charge in [0, 0.05) is 12.5 Å². The van der Waals surface area contributed by atoms with Crippen molar-refractivity contribution >= 4 is 29.2 Å². The van der Waals surface area contributed by atoms with Crippen LogP contribution in [-0.2, 0) is 6.42 Å². The van der Waals surface area contributed by atoms with E-state index in [1.807, 2.05) is 6.07 Å². The number of imidazole rings is 1. The Morgan fingerprint density at radius 1 is 1.28 bits per heavy atom. The van der Waals surface area contributed by atoms with Crippen molar-refractivity contribution in [2.75, 3.05) is 6.54 Å². The standard InChI is InChI=1S/C19H18FN3OS/c20-13-8-15(17-16(9-13)22-19(25)23-17)18(24)21-10-12-6-3-5-11-4-1-2-7-14(11)12/h1-2,4,7-9,12H,3,5-6,10H2,(H,21,24)(H2,22,23,25). The van der Waals surface area contributed by atoms with Crippen molar-refractivity contribution in [1.82, 2.24) is 15.3 Å². The summed E-state index contributed by atoms with van der Waals surface area (Å²) < 4.78 is 14.2. The topological polar surface area (TPSA) is 60.7 Å². The molecule has 0 saturated carbocycles. The van der Waals surface area contributed by atoms with Gasteiger partial charge in [-0.15, -0.1) is 0 Å². The number of halogens is 1. The number of aromatic amines is 2. The van der Waals surface area contributed by atoms with Gasteiger partial charge in [0.15, 0.2) is 4.77 Å². The third-order valence-corrected chi connectivity index (χ3v) is 5.04. The smallest absolute Gasteiger partial charge is 0.253 e. The number of amides is 1. The molecule has 1 atom stereocenters. The first-order valence-electron chi connectivity index (χ1n) is 8.39. The van der Waals surface area contributed by atoms with Gasteiger partial charge in [-0.3, -0.25) is 4.79 Å². The quantitative estimate of drug-likeness (QED) is 0.616. The van der Waals surface area contributed by atoms with Crippen LogP contribution in [0.1, 0.15) is 40.2 Å². The van der Waals surface area contributed by atoms with Crippen LogP contribution >= 0.6 is 12.2 Å². The van der Waals surface area contributed by atoms with Crippen LogP contribution in [0.25, 0.3) is 11.0 Å². The fraction of sp³-hybridized carbons (Fsp3) is 0.263. The van der Waals surface area contributed by atoms with Gasteiger partial charge < -0.3 is 15.3 Å². The van der Waals surface area contributed by atoms with Gasteiger partial charge in [-0.05, 0) is 54.7 Å². The fourth-order valence-corrected chi connectivity index (χ4v) is 3.88. The second-order valence-corrected chi connectivity index (χ2v) is 6.86. The van der Waals surface area contributed by atoms with Crippen molar-refractivity contribution in [3.63, 3.8) is 0 Å². The maximum absolute atomic E-state index is 13.8. The highest BCUT2D eigenvalue weighted by Gasteiger charge is 2.21. The predicted molar refractivity (Wildman–Crippen MR) is 97.9 cm³/mol. The molecule has 1 aliphatic rings. The molecule has 4 rings (SSSR count). The van der Waals surface area contributed by atoms with Gasteiger partial charge in [0.25, 0.3) is 5.91 Å². The Morgan fingerprint density at radius 2 is 2.12 bits per heavy atom. The maximum Gasteiger partial charge on any atom is 0.253 e. The highest BCUT2D eigenvalue weighted by Crippen LogP contribution is 2.31. The van der Waals surface area contributed by atoms with E-state index in [2.05, 4.69) is 33.5 Å². The average Bonchev–Trinajstić information content (AvgIpc) is 2.98. The molecule has 0 saturated heterocycles. The van der Waals surface area contributed by atoms with Crippen LogP contribution in [0.15, 0.2) is 36.4 Å². The summed E-state index contributed by atoms with van der Waals surface area (Å²) in [6.07, 6.45) is 3.25. The van der Waals surface area contributed by atoms with Crippen LogP contribution in [0, 0.1) is 10.6 Å². The number of carbonyl (C=O) groups excluding carboxylic acids is 1. The molecule has 0 bridgehead atoms. The van der Waals surface area contributed by atoms with Crippen molar-refractivity contribution in [2.45, 2.75) is 25.2 Å². The molecule has 25 heavy (non-hydrogen) atoms. The SMILES string of the molecule is O=C(NCC1CCCc2ccccc21)c1cc(F)cc2[nH]c(=S)[nH]c12. The van der Waals surface area contributed by atoms with Gasteiger partial charge in [0.05, 0.1) is 16.6 Å². The number of nitrogens with one attached hydrogen (secondary N) is 3. The summed E-state index contributed by atoms with van der Waals surface area (Å²) in [5.41, 5.74) is 3.97. The molecule has 4 nitrogen and oxygen atoms in total. The molecule has 3 N–H and O–H groups in total. The number of carbonyl (C=O) groups is 1. The first-order valence-corrected chi connectivity index (χ1v) is 8.80. The summed E-state index contributed by atoms with van der Waals surface area (Å²) in [4.78, 5) is 18.4. The first kappa shape index (κ1) is 16.0. The zero-order chi connectivity index (χ0) is 17.4. The fourth-order valence-electron chi connectivity index (χ4n) is 3.66. The number of H-pyrrole nitrogens is 2. The molecule has 0 spiro atoms. The summed E-state index contributed by atoms with van der Waals surface area (Å²) in [6.45, 7) is 0.541. The first-order chi connectivity index (χ1) is 12.1. The molecule has 3 aromatic rings. The van der Waals surface area contributed by atoms with E-state index in [9.17, 15) is 9.18 Å². The van der Waals surface area contributed by atoms with Gasteiger partial charge >= 0.3 is 0 Å². The average molecular weight is 355 g/mol. The largest absolute Gasteiger partial charge is 0.351 e. The van der Waals surface area contributed by atoms with E-state index in [4.69, 9.17) is 12.2 Å². The second-order valence-electron chi connectivity index (χ2n) is 6.45. The Bertz CT molecular complexity index is 1010. The van der Waals surface area contributed by atoms with Crippen molar-refractivity contribution in [3.05, 3.63) is 63.7 Å². The van der Waals surface area contributed by atoms with Crippen LogP contribution < -0.4 is 5.32 Å². The Kier molecular flexibility index (Phi) is 4.13. The van der Waals surface area contributed by atoms with Gasteiger partial charge in [-0.25, -0.2) is 4.39 Å². The van der Waals surface area contributed by atoms with E-state index in [1.54, 1.807) is 0 Å². The van der Waals surface area contributed by atoms with Gasteiger partial charge in [0.2, 0.25) is 0 Å². The minimum atomic E-state index is -0.467. The van der Waals surface area contributed by atoms with Crippen molar-refractivity contribution in [1.29, 1.82) is 0 Å². The molecule has 0 radical (unpaired) electrons. The maximum atomic E-state index is 13.8. The lowest BCUT2D eigenvalue weighted by Gasteiger charge is -2.25. The second kappa shape index (κ2) is 6.44. The molecule has 2 aromatic carbocycles. The summed E-state index contributed by atoms with van der Waals surface area (Å²) in [6, 6.07) is 10.9. The number of fused-ring (bicyclic) bond motifs is 2. The zero-order valence-corrected chi connectivity index (χ0v) is 14.4. The molecule has 1 amide bonds. The number of aromatic nitrogens is 2. The van der Waals surface area contributed by atoms with E-state index in [0.29, 0.717) is 28.3 Å². The molecule has 128 valence electrons. The van der Waals surface area contributed by atoms with Crippen LogP contribution in [0.2, 0.25) is 0 Å². The van der Waals surface area contributed by atoms with Crippen LogP contribution in [0.3, 0.4) is 0 Å². The predicted octanol–water partition coefficient (Wildman–Crippen LogP) is 4.21. The molecule has 0 fully saturated rings. The Labute approximate surface area is 149 Å². The number of rotatable bonds is 3. The molecule has 0 aliphatic heterocycles. The van der Waals surface area contributed by atoms with Gasteiger partial charge in [-0.1, -0.05) is 24.3 Å². The monoisotopic (exact) mass is 355 g/mol. The lowest BCUT2D eigenvalue weighted by atomic mass is 9.83. The third-order valence-electron chi connectivity index (χ3n) is 4.84. The third kappa shape index (κ3) is 3.09. The van der Waals surface area contributed by atoms with Crippen molar-refractivity contribution < 1.29 is 9.18 Å². The van der Waals surface area contributed by atoms with E-state index in [0.717, 1.165) is 19.3 Å². The summed E-state index contributed by atoms with van der Waals surface area (Å²) >= 11 is 5.05. The Balaban J connectivity index is 1.57. The number of hydrogen-bond donors (Lipinski definition) is 3. The molecule has 1 heterocycles. The number of hydrogen-bond acceptors (Lipinski definition) is 2. The van der Waals surface area contributed by atoms with E-state index in [1.165, 1.54) is 23.3 Å². The van der Waals surface area contributed by atoms with Crippen LogP contribution in [0.4, 0.5) is 4.39 Å². The highest BCUT2D eigenvalue weighted by molar-refractivity contribution is 7.71. The van der Waals surface area contributed by atoms with Crippen molar-refractivity contribution in [2.24, 2.45) is 0 Å². The minimum absolute atomic E-state index is 0.270. The van der Waals surface area contributed by atoms with Gasteiger partial charge in [0.1, 0.15) is 5.82 Å². The Morgan fingerprint density at radius 3 is 3.00 bits per heavy atom. The number of aryl methyl sites for hydroxylation is 1. The normalized spacial score (nSPS) is 16.6. The van der Waals surface area contributed by atoms with Crippen LogP contribution in [-0.4, -0.2) is 22.4 Å². The summed E-state index contributed by atoms with van der Waals surface area (Å²) in [7, 11) is 0. The lowest BCUT2D eigenvalue weighted by molar-refractivity contribution is 0.0951. The number of benzene rings is 2. The van der Waals surface area contributed by atoms with Crippen LogP contribution in [0.5, 0.6) is 0 Å². The van der Waals surface area contributed by atoms with Gasteiger partial charge in [-0.2, -0.15) is 0 Å². The molecule has 1 aromatic heterocycles. The molecular weight excluding hydrogens is 337 g/mol.